The maximum absolute atomic E-state index is 12.6. The Labute approximate surface area is 164 Å². The van der Waals surface area contributed by atoms with E-state index < -0.39 is 0 Å². The zero-order valence-electron chi connectivity index (χ0n) is 15.2. The molecule has 0 bridgehead atoms. The fourth-order valence-corrected chi connectivity index (χ4v) is 3.91. The first-order valence-corrected chi connectivity index (χ1v) is 10.5. The number of nitrogens with zero attached hydrogens (tertiary/aromatic N) is 3. The molecule has 6 heteroatoms. The van der Waals surface area contributed by atoms with Gasteiger partial charge in [-0.3, -0.25) is 4.79 Å². The molecule has 1 fully saturated rings. The second-order valence-corrected chi connectivity index (χ2v) is 7.87. The molecule has 0 spiro atoms. The first-order valence-electron chi connectivity index (χ1n) is 8.87. The average molecular weight is 390 g/mol. The van der Waals surface area contributed by atoms with E-state index in [1.54, 1.807) is 24.0 Å². The van der Waals surface area contributed by atoms with Gasteiger partial charge >= 0.3 is 0 Å². The molecule has 1 amide bonds. The van der Waals surface area contributed by atoms with Crippen molar-refractivity contribution in [2.45, 2.75) is 30.7 Å². The maximum atomic E-state index is 12.6. The van der Waals surface area contributed by atoms with Crippen LogP contribution in [0.1, 0.15) is 35.2 Å². The molecule has 2 heterocycles. The highest BCUT2D eigenvalue weighted by Crippen LogP contribution is 2.26. The van der Waals surface area contributed by atoms with Crippen LogP contribution in [0.5, 0.6) is 0 Å². The third-order valence-corrected chi connectivity index (χ3v) is 5.67. The molecule has 1 aliphatic rings. The van der Waals surface area contributed by atoms with Crippen LogP contribution >= 0.6 is 23.4 Å². The number of pyridine rings is 1. The number of thioether (sulfide) groups is 1. The number of piperidine rings is 1. The molecule has 1 aromatic heterocycles. The monoisotopic (exact) mass is 389 g/mol. The third-order valence-electron chi connectivity index (χ3n) is 4.65. The molecule has 0 atom stereocenters. The van der Waals surface area contributed by atoms with Crippen molar-refractivity contribution < 1.29 is 4.79 Å². The summed E-state index contributed by atoms with van der Waals surface area (Å²) in [5, 5.41) is 0.510. The number of carbonyl (C=O) groups is 1. The summed E-state index contributed by atoms with van der Waals surface area (Å²) in [5.41, 5.74) is 1.76. The summed E-state index contributed by atoms with van der Waals surface area (Å²) in [5.74, 6) is 0.719. The molecule has 0 saturated carbocycles. The number of rotatable bonds is 5. The van der Waals surface area contributed by atoms with E-state index in [2.05, 4.69) is 35.5 Å². The van der Waals surface area contributed by atoms with Crippen LogP contribution in [-0.4, -0.2) is 42.2 Å². The summed E-state index contributed by atoms with van der Waals surface area (Å²) in [4.78, 5) is 22.2. The Morgan fingerprint density at radius 1 is 1.23 bits per heavy atom. The normalized spacial score (nSPS) is 14.3. The number of benzene rings is 1. The van der Waals surface area contributed by atoms with Crippen molar-refractivity contribution in [3.63, 3.8) is 0 Å². The molecule has 4 nitrogen and oxygen atoms in total. The van der Waals surface area contributed by atoms with Gasteiger partial charge in [-0.05, 0) is 49.3 Å². The van der Waals surface area contributed by atoms with E-state index in [0.29, 0.717) is 22.9 Å². The number of hydrogen-bond donors (Lipinski definition) is 0. The van der Waals surface area contributed by atoms with Gasteiger partial charge in [-0.1, -0.05) is 23.7 Å². The summed E-state index contributed by atoms with van der Waals surface area (Å²) in [6.45, 7) is 2.36. The fourth-order valence-electron chi connectivity index (χ4n) is 3.19. The molecular formula is C20H24ClN3OS. The topological polar surface area (TPSA) is 36.4 Å². The molecule has 0 N–H and O–H groups in total. The third kappa shape index (κ3) is 4.51. The van der Waals surface area contributed by atoms with Gasteiger partial charge in [0.1, 0.15) is 5.82 Å². The maximum Gasteiger partial charge on any atom is 0.255 e. The molecule has 138 valence electrons. The predicted molar refractivity (Wildman–Crippen MR) is 109 cm³/mol. The van der Waals surface area contributed by atoms with Crippen molar-refractivity contribution in [2.75, 3.05) is 31.3 Å². The Kier molecular flexibility index (Phi) is 6.43. The van der Waals surface area contributed by atoms with Gasteiger partial charge in [-0.25, -0.2) is 4.98 Å². The van der Waals surface area contributed by atoms with Crippen LogP contribution < -0.4 is 4.90 Å². The van der Waals surface area contributed by atoms with Gasteiger partial charge in [0.2, 0.25) is 0 Å². The van der Waals surface area contributed by atoms with E-state index in [4.69, 9.17) is 11.6 Å². The summed E-state index contributed by atoms with van der Waals surface area (Å²) in [7, 11) is 1.96. The number of hydrogen-bond acceptors (Lipinski definition) is 4. The Hall–Kier alpha value is -1.72. The number of aromatic nitrogens is 1. The van der Waals surface area contributed by atoms with E-state index in [9.17, 15) is 4.79 Å². The standard InChI is InChI=1S/C20H24ClN3OS/c1-23(14-15-6-8-17(26-2)9-7-15)19-18(21)12-16(13-22-19)20(25)24-10-4-3-5-11-24/h6-9,12-13H,3-5,10-11,14H2,1-2H3. The van der Waals surface area contributed by atoms with Gasteiger partial charge in [-0.2, -0.15) is 0 Å². The van der Waals surface area contributed by atoms with E-state index in [0.717, 1.165) is 25.9 Å². The Balaban J connectivity index is 1.70. The zero-order valence-corrected chi connectivity index (χ0v) is 16.8. The molecule has 1 saturated heterocycles. The van der Waals surface area contributed by atoms with E-state index >= 15 is 0 Å². The molecular weight excluding hydrogens is 366 g/mol. The minimum atomic E-state index is 0.0287. The molecule has 1 aliphatic heterocycles. The minimum absolute atomic E-state index is 0.0287. The van der Waals surface area contributed by atoms with E-state index in [1.807, 2.05) is 16.8 Å². The van der Waals surface area contributed by atoms with Gasteiger partial charge in [-0.15, -0.1) is 11.8 Å². The number of anilines is 1. The SMILES string of the molecule is CSc1ccc(CN(C)c2ncc(C(=O)N3CCCCC3)cc2Cl)cc1. The molecule has 0 aliphatic carbocycles. The zero-order chi connectivity index (χ0) is 18.5. The Morgan fingerprint density at radius 3 is 2.54 bits per heavy atom. The highest BCUT2D eigenvalue weighted by molar-refractivity contribution is 7.98. The lowest BCUT2D eigenvalue weighted by molar-refractivity contribution is 0.0724. The van der Waals surface area contributed by atoms with Crippen LogP contribution in [0.4, 0.5) is 5.82 Å². The van der Waals surface area contributed by atoms with Crippen LogP contribution in [0.15, 0.2) is 41.4 Å². The smallest absolute Gasteiger partial charge is 0.255 e. The molecule has 2 aromatic rings. The number of halogens is 1. The van der Waals surface area contributed by atoms with E-state index in [1.165, 1.54) is 16.9 Å². The first-order chi connectivity index (χ1) is 12.6. The lowest BCUT2D eigenvalue weighted by Crippen LogP contribution is -2.35. The second-order valence-electron chi connectivity index (χ2n) is 6.59. The lowest BCUT2D eigenvalue weighted by atomic mass is 10.1. The van der Waals surface area contributed by atoms with Gasteiger partial charge in [0.15, 0.2) is 0 Å². The summed E-state index contributed by atoms with van der Waals surface area (Å²) < 4.78 is 0. The second kappa shape index (κ2) is 8.78. The first kappa shape index (κ1) is 19.1. The van der Waals surface area contributed by atoms with Crippen molar-refractivity contribution in [3.8, 4) is 0 Å². The van der Waals surface area contributed by atoms with Crippen LogP contribution in [0.25, 0.3) is 0 Å². The van der Waals surface area contributed by atoms with Crippen LogP contribution in [0, 0.1) is 0 Å². The van der Waals surface area contributed by atoms with Crippen molar-refractivity contribution in [2.24, 2.45) is 0 Å². The fraction of sp³-hybridized carbons (Fsp3) is 0.400. The van der Waals surface area contributed by atoms with Crippen LogP contribution in [0.2, 0.25) is 5.02 Å². The molecule has 3 rings (SSSR count). The Bertz CT molecular complexity index is 760. The summed E-state index contributed by atoms with van der Waals surface area (Å²) >= 11 is 8.17. The molecule has 0 unspecified atom stereocenters. The minimum Gasteiger partial charge on any atom is -0.354 e. The van der Waals surface area contributed by atoms with Gasteiger partial charge in [0.25, 0.3) is 5.91 Å². The van der Waals surface area contributed by atoms with Crippen molar-refractivity contribution in [3.05, 3.63) is 52.7 Å². The molecule has 0 radical (unpaired) electrons. The van der Waals surface area contributed by atoms with Gasteiger partial charge in [0, 0.05) is 37.8 Å². The molecule has 26 heavy (non-hydrogen) atoms. The van der Waals surface area contributed by atoms with E-state index in [-0.39, 0.29) is 5.91 Å². The average Bonchev–Trinajstić information content (AvgIpc) is 2.68. The highest BCUT2D eigenvalue weighted by Gasteiger charge is 2.20. The van der Waals surface area contributed by atoms with Gasteiger partial charge in [0.05, 0.1) is 10.6 Å². The predicted octanol–water partition coefficient (Wildman–Crippen LogP) is 4.72. The van der Waals surface area contributed by atoms with Crippen LogP contribution in [-0.2, 0) is 6.54 Å². The number of amides is 1. The van der Waals surface area contributed by atoms with Crippen LogP contribution in [0.3, 0.4) is 0 Å². The lowest BCUT2D eigenvalue weighted by Gasteiger charge is -2.27. The van der Waals surface area contributed by atoms with Crippen molar-refractivity contribution in [1.82, 2.24) is 9.88 Å². The Morgan fingerprint density at radius 2 is 1.92 bits per heavy atom. The molecule has 1 aromatic carbocycles. The quantitative estimate of drug-likeness (QED) is 0.693. The number of carbonyl (C=O) groups excluding carboxylic acids is 1. The highest BCUT2D eigenvalue weighted by atomic mass is 35.5. The summed E-state index contributed by atoms with van der Waals surface area (Å²) in [6, 6.07) is 10.2. The van der Waals surface area contributed by atoms with Gasteiger partial charge < -0.3 is 9.80 Å². The summed E-state index contributed by atoms with van der Waals surface area (Å²) in [6.07, 6.45) is 7.06. The largest absolute Gasteiger partial charge is 0.354 e. The number of likely N-dealkylation sites (tertiary alicyclic amines) is 1. The van der Waals surface area contributed by atoms with Crippen molar-refractivity contribution in [1.29, 1.82) is 0 Å². The van der Waals surface area contributed by atoms with Crippen molar-refractivity contribution >= 4 is 35.1 Å².